The Kier molecular flexibility index (Phi) is 5.57. The number of hydrogen-bond acceptors (Lipinski definition) is 5. The Morgan fingerprint density at radius 3 is 2.61 bits per heavy atom. The largest absolute Gasteiger partial charge is 0.356 e. The van der Waals surface area contributed by atoms with Gasteiger partial charge in [0.15, 0.2) is 0 Å². The van der Waals surface area contributed by atoms with Crippen LogP contribution in [0.2, 0.25) is 0 Å². The average Bonchev–Trinajstić information content (AvgIpc) is 3.14. The molecule has 3 aromatic rings. The molecule has 2 saturated heterocycles. The van der Waals surface area contributed by atoms with Gasteiger partial charge in [-0.25, -0.2) is 4.98 Å². The van der Waals surface area contributed by atoms with E-state index < -0.39 is 0 Å². The molecule has 2 aromatic heterocycles. The van der Waals surface area contributed by atoms with Crippen LogP contribution in [0.25, 0.3) is 5.78 Å². The maximum Gasteiger partial charge on any atom is 0.254 e. The zero-order valence-electron chi connectivity index (χ0n) is 18.2. The highest BCUT2D eigenvalue weighted by Gasteiger charge is 2.34. The van der Waals surface area contributed by atoms with Crippen molar-refractivity contribution in [3.05, 3.63) is 54.0 Å². The quantitative estimate of drug-likeness (QED) is 0.648. The number of hydrogen-bond donors (Lipinski definition) is 0. The normalized spacial score (nSPS) is 20.7. The van der Waals surface area contributed by atoms with Gasteiger partial charge >= 0.3 is 0 Å². The first-order valence-corrected chi connectivity index (χ1v) is 11.5. The van der Waals surface area contributed by atoms with E-state index in [4.69, 9.17) is 0 Å². The molecule has 7 nitrogen and oxygen atoms in total. The number of likely N-dealkylation sites (tertiary alicyclic amines) is 1. The van der Waals surface area contributed by atoms with Crippen LogP contribution in [0, 0.1) is 12.8 Å². The highest BCUT2D eigenvalue weighted by molar-refractivity contribution is 5.94. The molecule has 162 valence electrons. The van der Waals surface area contributed by atoms with Crippen LogP contribution in [0.4, 0.5) is 5.82 Å². The minimum Gasteiger partial charge on any atom is -0.356 e. The molecular weight excluding hydrogens is 388 g/mol. The lowest BCUT2D eigenvalue weighted by atomic mass is 9.86. The highest BCUT2D eigenvalue weighted by Crippen LogP contribution is 2.32. The van der Waals surface area contributed by atoms with Crippen LogP contribution < -0.4 is 4.90 Å². The van der Waals surface area contributed by atoms with Gasteiger partial charge in [0, 0.05) is 43.0 Å². The Hall–Kier alpha value is -2.96. The van der Waals surface area contributed by atoms with Gasteiger partial charge in [-0.2, -0.15) is 14.6 Å². The number of carbonyl (C=O) groups excluding carboxylic acids is 1. The van der Waals surface area contributed by atoms with Gasteiger partial charge < -0.3 is 9.80 Å². The topological polar surface area (TPSA) is 66.6 Å². The molecular formula is C24H30N6O. The monoisotopic (exact) mass is 418 g/mol. The second-order valence-corrected chi connectivity index (χ2v) is 8.83. The first-order chi connectivity index (χ1) is 15.2. The first kappa shape index (κ1) is 20.0. The van der Waals surface area contributed by atoms with Crippen LogP contribution in [0.15, 0.2) is 42.7 Å². The fourth-order valence-electron chi connectivity index (χ4n) is 5.27. The molecule has 4 heterocycles. The summed E-state index contributed by atoms with van der Waals surface area (Å²) in [4.78, 5) is 26.6. The molecule has 0 N–H and O–H groups in total. The predicted octanol–water partition coefficient (Wildman–Crippen LogP) is 3.73. The van der Waals surface area contributed by atoms with Crippen molar-refractivity contribution in [2.24, 2.45) is 5.92 Å². The summed E-state index contributed by atoms with van der Waals surface area (Å²) < 4.78 is 1.84. The maximum absolute atomic E-state index is 13.3. The Balaban J connectivity index is 1.33. The Bertz CT molecular complexity index is 1040. The van der Waals surface area contributed by atoms with E-state index in [1.807, 2.05) is 41.8 Å². The molecule has 0 spiro atoms. The van der Waals surface area contributed by atoms with Crippen LogP contribution >= 0.6 is 0 Å². The summed E-state index contributed by atoms with van der Waals surface area (Å²) >= 11 is 0. The van der Waals surface area contributed by atoms with E-state index in [1.54, 1.807) is 6.33 Å². The summed E-state index contributed by atoms with van der Waals surface area (Å²) in [6.07, 6.45) is 8.39. The number of carbonyl (C=O) groups is 1. The second kappa shape index (κ2) is 8.65. The van der Waals surface area contributed by atoms with Crippen molar-refractivity contribution in [1.82, 2.24) is 24.5 Å². The lowest BCUT2D eigenvalue weighted by molar-refractivity contribution is 0.0588. The summed E-state index contributed by atoms with van der Waals surface area (Å²) in [5, 5.41) is 4.37. The lowest BCUT2D eigenvalue weighted by Gasteiger charge is -2.41. The van der Waals surface area contributed by atoms with Crippen molar-refractivity contribution in [3.63, 3.8) is 0 Å². The van der Waals surface area contributed by atoms with Gasteiger partial charge in [-0.3, -0.25) is 4.79 Å². The third kappa shape index (κ3) is 4.01. The number of piperidine rings is 1. The summed E-state index contributed by atoms with van der Waals surface area (Å²) in [7, 11) is 0. The summed E-state index contributed by atoms with van der Waals surface area (Å²) in [5.41, 5.74) is 1.77. The standard InChI is InChI=1S/C24H30N6O/c1-18-16-22(30-24(27-18)25-17-26-30)28-14-11-19(12-15-28)21-10-6-3-7-13-29(21)23(31)20-8-4-2-5-9-20/h2,4-5,8-9,16-17,19,21H,3,6-7,10-15H2,1H3. The maximum atomic E-state index is 13.3. The zero-order valence-corrected chi connectivity index (χ0v) is 18.2. The van der Waals surface area contributed by atoms with E-state index in [9.17, 15) is 4.79 Å². The number of fused-ring (bicyclic) bond motifs is 1. The Morgan fingerprint density at radius 1 is 1.00 bits per heavy atom. The highest BCUT2D eigenvalue weighted by atomic mass is 16.2. The van der Waals surface area contributed by atoms with E-state index in [2.05, 4.69) is 30.9 Å². The van der Waals surface area contributed by atoms with Crippen molar-refractivity contribution in [1.29, 1.82) is 0 Å². The molecule has 7 heteroatoms. The predicted molar refractivity (Wildman–Crippen MR) is 120 cm³/mol. The number of benzene rings is 1. The van der Waals surface area contributed by atoms with Crippen LogP contribution in [0.5, 0.6) is 0 Å². The number of amides is 1. The van der Waals surface area contributed by atoms with Crippen molar-refractivity contribution >= 4 is 17.5 Å². The van der Waals surface area contributed by atoms with Crippen molar-refractivity contribution in [3.8, 4) is 0 Å². The average molecular weight is 419 g/mol. The molecule has 1 amide bonds. The number of anilines is 1. The fraction of sp³-hybridized carbons (Fsp3) is 0.500. The molecule has 31 heavy (non-hydrogen) atoms. The van der Waals surface area contributed by atoms with Gasteiger partial charge in [0.05, 0.1) is 0 Å². The number of aromatic nitrogens is 4. The van der Waals surface area contributed by atoms with E-state index in [0.29, 0.717) is 17.7 Å². The number of nitrogens with zero attached hydrogens (tertiary/aromatic N) is 6. The molecule has 5 rings (SSSR count). The summed E-state index contributed by atoms with van der Waals surface area (Å²) in [6, 6.07) is 12.2. The number of rotatable bonds is 3. The molecule has 2 aliphatic rings. The van der Waals surface area contributed by atoms with Crippen LogP contribution in [0.3, 0.4) is 0 Å². The van der Waals surface area contributed by atoms with Gasteiger partial charge in [-0.1, -0.05) is 31.0 Å². The van der Waals surface area contributed by atoms with Gasteiger partial charge in [-0.15, -0.1) is 0 Å². The van der Waals surface area contributed by atoms with Gasteiger partial charge in [-0.05, 0) is 50.7 Å². The second-order valence-electron chi connectivity index (χ2n) is 8.83. The van der Waals surface area contributed by atoms with E-state index >= 15 is 0 Å². The lowest BCUT2D eigenvalue weighted by Crippen LogP contribution is -2.48. The minimum absolute atomic E-state index is 0.198. The van der Waals surface area contributed by atoms with Crippen molar-refractivity contribution in [2.75, 3.05) is 24.5 Å². The fourth-order valence-corrected chi connectivity index (χ4v) is 5.27. The van der Waals surface area contributed by atoms with E-state index in [-0.39, 0.29) is 5.91 Å². The number of aryl methyl sites for hydroxylation is 1. The van der Waals surface area contributed by atoms with Crippen LogP contribution in [-0.2, 0) is 0 Å². The third-order valence-corrected chi connectivity index (χ3v) is 6.85. The molecule has 0 aliphatic carbocycles. The summed E-state index contributed by atoms with van der Waals surface area (Å²) in [5.74, 6) is 2.46. The zero-order chi connectivity index (χ0) is 21.2. The molecule has 2 fully saturated rings. The molecule has 0 radical (unpaired) electrons. The smallest absolute Gasteiger partial charge is 0.254 e. The van der Waals surface area contributed by atoms with Gasteiger partial charge in [0.25, 0.3) is 11.7 Å². The minimum atomic E-state index is 0.198. The molecule has 2 aliphatic heterocycles. The Labute approximate surface area is 183 Å². The summed E-state index contributed by atoms with van der Waals surface area (Å²) in [6.45, 7) is 4.81. The van der Waals surface area contributed by atoms with Crippen molar-refractivity contribution in [2.45, 2.75) is 51.5 Å². The van der Waals surface area contributed by atoms with Gasteiger partial charge in [0.1, 0.15) is 12.1 Å². The third-order valence-electron chi connectivity index (χ3n) is 6.85. The van der Waals surface area contributed by atoms with Crippen LogP contribution in [0.1, 0.15) is 54.6 Å². The molecule has 1 aromatic carbocycles. The molecule has 1 atom stereocenters. The SMILES string of the molecule is Cc1cc(N2CCC(C3CCCCCN3C(=O)c3ccccc3)CC2)n2ncnc2n1. The first-order valence-electron chi connectivity index (χ1n) is 11.5. The molecule has 0 saturated carbocycles. The van der Waals surface area contributed by atoms with Crippen molar-refractivity contribution < 1.29 is 4.79 Å². The molecule has 0 bridgehead atoms. The van der Waals surface area contributed by atoms with Crippen LogP contribution in [-0.4, -0.2) is 56.1 Å². The molecule has 1 unspecified atom stereocenters. The van der Waals surface area contributed by atoms with E-state index in [0.717, 1.165) is 62.4 Å². The van der Waals surface area contributed by atoms with Gasteiger partial charge in [0.2, 0.25) is 0 Å². The van der Waals surface area contributed by atoms with E-state index in [1.165, 1.54) is 12.8 Å². The Morgan fingerprint density at radius 2 is 1.81 bits per heavy atom.